The zero-order valence-corrected chi connectivity index (χ0v) is 12.7. The lowest BCUT2D eigenvalue weighted by Crippen LogP contribution is -2.33. The highest BCUT2D eigenvalue weighted by atomic mass is 32.2. The largest absolute Gasteiger partial charge is 0.478 e. The van der Waals surface area contributed by atoms with Gasteiger partial charge in [-0.15, -0.1) is 0 Å². The smallest absolute Gasteiger partial charge is 0.335 e. The number of anilines is 1. The number of nitrogens with zero attached hydrogens (tertiary/aromatic N) is 1. The van der Waals surface area contributed by atoms with Gasteiger partial charge in [0.1, 0.15) is 0 Å². The molecule has 0 spiro atoms. The highest BCUT2D eigenvalue weighted by Crippen LogP contribution is 2.19. The number of aromatic carboxylic acids is 1. The average molecular weight is 300 g/mol. The summed E-state index contributed by atoms with van der Waals surface area (Å²) < 4.78 is 27.9. The van der Waals surface area contributed by atoms with Crippen LogP contribution in [0, 0.1) is 6.92 Å². The van der Waals surface area contributed by atoms with E-state index in [0.717, 1.165) is 12.8 Å². The van der Waals surface area contributed by atoms with E-state index in [2.05, 4.69) is 4.72 Å². The van der Waals surface area contributed by atoms with Gasteiger partial charge in [-0.25, -0.2) is 4.79 Å². The second-order valence-electron chi connectivity index (χ2n) is 4.62. The number of benzene rings is 1. The summed E-state index contributed by atoms with van der Waals surface area (Å²) >= 11 is 0. The Labute approximate surface area is 119 Å². The highest BCUT2D eigenvalue weighted by molar-refractivity contribution is 7.90. The molecule has 0 saturated heterocycles. The molecule has 1 aromatic rings. The number of carboxylic acid groups (broad SMARTS) is 1. The summed E-state index contributed by atoms with van der Waals surface area (Å²) in [6, 6.07) is 4.34. The van der Waals surface area contributed by atoms with Crippen molar-refractivity contribution in [2.24, 2.45) is 0 Å². The number of carboxylic acids is 1. The van der Waals surface area contributed by atoms with Crippen molar-refractivity contribution in [2.75, 3.05) is 18.3 Å². The molecule has 0 heterocycles. The van der Waals surface area contributed by atoms with Gasteiger partial charge in [-0.2, -0.15) is 12.7 Å². The molecule has 0 amide bonds. The molecule has 0 saturated carbocycles. The number of hydrogen-bond donors (Lipinski definition) is 2. The van der Waals surface area contributed by atoms with E-state index < -0.39 is 16.2 Å². The fourth-order valence-electron chi connectivity index (χ4n) is 1.58. The van der Waals surface area contributed by atoms with E-state index in [-0.39, 0.29) is 11.3 Å². The topological polar surface area (TPSA) is 86.7 Å². The van der Waals surface area contributed by atoms with Gasteiger partial charge in [0.25, 0.3) is 0 Å². The van der Waals surface area contributed by atoms with Gasteiger partial charge in [-0.1, -0.05) is 19.4 Å². The van der Waals surface area contributed by atoms with Crippen LogP contribution < -0.4 is 4.72 Å². The summed E-state index contributed by atoms with van der Waals surface area (Å²) in [4.78, 5) is 10.9. The van der Waals surface area contributed by atoms with Crippen molar-refractivity contribution in [3.63, 3.8) is 0 Å². The molecule has 0 fully saturated rings. The molecular formula is C13H20N2O4S. The van der Waals surface area contributed by atoms with E-state index in [4.69, 9.17) is 5.11 Å². The summed E-state index contributed by atoms with van der Waals surface area (Å²) in [6.45, 7) is 4.12. The molecule has 6 nitrogen and oxygen atoms in total. The van der Waals surface area contributed by atoms with Crippen LogP contribution in [-0.2, 0) is 10.2 Å². The van der Waals surface area contributed by atoms with Crippen molar-refractivity contribution in [3.05, 3.63) is 29.3 Å². The minimum atomic E-state index is -3.66. The Morgan fingerprint density at radius 3 is 2.60 bits per heavy atom. The summed E-state index contributed by atoms with van der Waals surface area (Å²) in [7, 11) is -2.17. The maximum absolute atomic E-state index is 12.1. The summed E-state index contributed by atoms with van der Waals surface area (Å²) in [6.07, 6.45) is 1.67. The number of rotatable bonds is 7. The van der Waals surface area contributed by atoms with Gasteiger partial charge in [-0.3, -0.25) is 4.72 Å². The third-order valence-electron chi connectivity index (χ3n) is 2.96. The van der Waals surface area contributed by atoms with Crippen molar-refractivity contribution < 1.29 is 18.3 Å². The predicted molar refractivity (Wildman–Crippen MR) is 78.2 cm³/mol. The second kappa shape index (κ2) is 6.71. The van der Waals surface area contributed by atoms with Gasteiger partial charge in [-0.05, 0) is 31.0 Å². The van der Waals surface area contributed by atoms with Crippen molar-refractivity contribution in [2.45, 2.75) is 26.7 Å². The Bertz CT molecular complexity index is 584. The Hall–Kier alpha value is -1.60. The summed E-state index contributed by atoms with van der Waals surface area (Å²) in [5, 5.41) is 8.94. The lowest BCUT2D eigenvalue weighted by Gasteiger charge is -2.19. The molecule has 0 unspecified atom stereocenters. The molecule has 7 heteroatoms. The molecular weight excluding hydrogens is 280 g/mol. The number of nitrogens with one attached hydrogen (secondary N) is 1. The molecule has 0 aliphatic carbocycles. The van der Waals surface area contributed by atoms with Gasteiger partial charge in [0, 0.05) is 13.6 Å². The Morgan fingerprint density at radius 2 is 2.05 bits per heavy atom. The molecule has 2 N–H and O–H groups in total. The molecule has 0 radical (unpaired) electrons. The monoisotopic (exact) mass is 300 g/mol. The van der Waals surface area contributed by atoms with Crippen molar-refractivity contribution >= 4 is 21.9 Å². The fourth-order valence-corrected chi connectivity index (χ4v) is 2.61. The maximum Gasteiger partial charge on any atom is 0.335 e. The summed E-state index contributed by atoms with van der Waals surface area (Å²) in [5.41, 5.74) is 1.00. The number of hydrogen-bond acceptors (Lipinski definition) is 3. The number of carbonyl (C=O) groups is 1. The standard InChI is InChI=1S/C13H20N2O4S/c1-4-5-8-15(3)20(18,19)14-12-9-11(13(16)17)7-6-10(12)2/h6-7,9,14H,4-5,8H2,1-3H3,(H,16,17). The Morgan fingerprint density at radius 1 is 1.40 bits per heavy atom. The predicted octanol–water partition coefficient (Wildman–Crippen LogP) is 2.08. The third-order valence-corrected chi connectivity index (χ3v) is 4.44. The first kappa shape index (κ1) is 16.5. The van der Waals surface area contributed by atoms with Crippen LogP contribution >= 0.6 is 0 Å². The minimum absolute atomic E-state index is 0.0458. The van der Waals surface area contributed by atoms with E-state index >= 15 is 0 Å². The van der Waals surface area contributed by atoms with E-state index in [0.29, 0.717) is 12.1 Å². The molecule has 112 valence electrons. The van der Waals surface area contributed by atoms with Crippen molar-refractivity contribution in [1.29, 1.82) is 0 Å². The van der Waals surface area contributed by atoms with E-state index in [9.17, 15) is 13.2 Å². The molecule has 0 bridgehead atoms. The number of aryl methyl sites for hydroxylation is 1. The second-order valence-corrected chi connectivity index (χ2v) is 6.39. The van der Waals surface area contributed by atoms with Crippen molar-refractivity contribution in [3.8, 4) is 0 Å². The van der Waals surface area contributed by atoms with Crippen LogP contribution in [0.25, 0.3) is 0 Å². The van der Waals surface area contributed by atoms with Gasteiger partial charge < -0.3 is 5.11 Å². The SMILES string of the molecule is CCCCN(C)S(=O)(=O)Nc1cc(C(=O)O)ccc1C. The first-order valence-electron chi connectivity index (χ1n) is 6.36. The molecule has 1 rings (SSSR count). The lowest BCUT2D eigenvalue weighted by atomic mass is 10.1. The molecule has 0 atom stereocenters. The zero-order valence-electron chi connectivity index (χ0n) is 11.9. The van der Waals surface area contributed by atoms with Crippen molar-refractivity contribution in [1.82, 2.24) is 4.31 Å². The zero-order chi connectivity index (χ0) is 15.3. The Kier molecular flexibility index (Phi) is 5.52. The van der Waals surface area contributed by atoms with E-state index in [1.165, 1.54) is 23.5 Å². The van der Waals surface area contributed by atoms with Gasteiger partial charge in [0.15, 0.2) is 0 Å². The van der Waals surface area contributed by atoms with Crippen LogP contribution in [0.1, 0.15) is 35.7 Å². The third kappa shape index (κ3) is 4.21. The molecule has 0 aromatic heterocycles. The maximum atomic E-state index is 12.1. The van der Waals surface area contributed by atoms with Crippen LogP contribution in [0.4, 0.5) is 5.69 Å². The van der Waals surface area contributed by atoms with Crippen LogP contribution in [0.15, 0.2) is 18.2 Å². The normalized spacial score (nSPS) is 11.6. The molecule has 1 aromatic carbocycles. The average Bonchev–Trinajstić information content (AvgIpc) is 2.37. The van der Waals surface area contributed by atoms with E-state index in [1.54, 1.807) is 13.0 Å². The Balaban J connectivity index is 2.97. The van der Waals surface area contributed by atoms with Crippen LogP contribution in [0.2, 0.25) is 0 Å². The quantitative estimate of drug-likeness (QED) is 0.807. The minimum Gasteiger partial charge on any atom is -0.478 e. The first-order chi connectivity index (χ1) is 9.27. The van der Waals surface area contributed by atoms with Crippen LogP contribution in [0.3, 0.4) is 0 Å². The molecule has 0 aliphatic rings. The lowest BCUT2D eigenvalue weighted by molar-refractivity contribution is 0.0697. The molecule has 20 heavy (non-hydrogen) atoms. The van der Waals surface area contributed by atoms with Gasteiger partial charge in [0.2, 0.25) is 0 Å². The van der Waals surface area contributed by atoms with Crippen LogP contribution in [-0.4, -0.2) is 37.4 Å². The fraction of sp³-hybridized carbons (Fsp3) is 0.462. The van der Waals surface area contributed by atoms with Crippen LogP contribution in [0.5, 0.6) is 0 Å². The molecule has 0 aliphatic heterocycles. The summed E-state index contributed by atoms with van der Waals surface area (Å²) in [5.74, 6) is -1.09. The van der Waals surface area contributed by atoms with Gasteiger partial charge in [0.05, 0.1) is 11.3 Å². The first-order valence-corrected chi connectivity index (χ1v) is 7.80. The van der Waals surface area contributed by atoms with Gasteiger partial charge >= 0.3 is 16.2 Å². The highest BCUT2D eigenvalue weighted by Gasteiger charge is 2.18. The van der Waals surface area contributed by atoms with E-state index in [1.807, 2.05) is 6.92 Å². The number of unbranched alkanes of at least 4 members (excludes halogenated alkanes) is 1.